The van der Waals surface area contributed by atoms with E-state index in [4.69, 9.17) is 42.7 Å². The highest BCUT2D eigenvalue weighted by Gasteiger charge is 2.54. The molecule has 3 unspecified atom stereocenters. The summed E-state index contributed by atoms with van der Waals surface area (Å²) in [7, 11) is 5.87. The van der Waals surface area contributed by atoms with E-state index in [1.165, 1.54) is 42.2 Å². The molecule has 18 nitrogen and oxygen atoms in total. The van der Waals surface area contributed by atoms with Crippen molar-refractivity contribution in [3.8, 4) is 0 Å². The van der Waals surface area contributed by atoms with Crippen LogP contribution in [0.3, 0.4) is 0 Å². The number of likely N-dealkylation sites (N-methyl/N-ethyl adjacent to an activating group) is 1. The van der Waals surface area contributed by atoms with E-state index in [2.05, 4.69) is 5.16 Å². The number of hydroxylamine groups is 3. The Hall–Kier alpha value is -1.62. The van der Waals surface area contributed by atoms with Crippen LogP contribution in [0.15, 0.2) is 5.16 Å². The molecule has 3 aliphatic rings. The van der Waals surface area contributed by atoms with Crippen molar-refractivity contribution in [2.75, 3.05) is 48.3 Å². The largest absolute Gasteiger partial charge is 0.633 e. The van der Waals surface area contributed by atoms with Gasteiger partial charge in [0.05, 0.1) is 80.7 Å². The maximum Gasteiger partial charge on any atom is 0.311 e. The molecule has 0 aromatic carbocycles. The summed E-state index contributed by atoms with van der Waals surface area (Å²) in [5.41, 5.74) is -4.67. The van der Waals surface area contributed by atoms with Gasteiger partial charge in [-0.15, -0.1) is 0 Å². The summed E-state index contributed by atoms with van der Waals surface area (Å²) in [6.07, 6.45) is -10.9. The molecule has 59 heavy (non-hydrogen) atoms. The highest BCUT2D eigenvalue weighted by Crippen LogP contribution is 2.41. The fourth-order valence-electron chi connectivity index (χ4n) is 9.04. The number of rotatable bonds is 13. The molecule has 18 heteroatoms. The van der Waals surface area contributed by atoms with E-state index in [1.54, 1.807) is 55.4 Å². The number of aliphatic hydroxyl groups excluding tert-OH is 3. The first-order valence-electron chi connectivity index (χ1n) is 20.9. The number of oxime groups is 1. The summed E-state index contributed by atoms with van der Waals surface area (Å²) in [6.45, 7) is 16.8. The minimum Gasteiger partial charge on any atom is -0.633 e. The first-order valence-corrected chi connectivity index (χ1v) is 20.9. The molecule has 0 spiro atoms. The Labute approximate surface area is 350 Å². The van der Waals surface area contributed by atoms with E-state index in [-0.39, 0.29) is 44.8 Å². The van der Waals surface area contributed by atoms with Gasteiger partial charge in [-0.25, -0.2) is 0 Å². The summed E-state index contributed by atoms with van der Waals surface area (Å²) in [6, 6.07) is -0.833. The van der Waals surface area contributed by atoms with Gasteiger partial charge in [0, 0.05) is 44.8 Å². The summed E-state index contributed by atoms with van der Waals surface area (Å²) < 4.78 is 47.0. The quantitative estimate of drug-likeness (QED) is 0.0587. The van der Waals surface area contributed by atoms with E-state index < -0.39 is 119 Å². The Morgan fingerprint density at radius 2 is 1.56 bits per heavy atom. The Morgan fingerprint density at radius 1 is 0.915 bits per heavy atom. The number of methoxy groups -OCH3 is 2. The van der Waals surface area contributed by atoms with Crippen molar-refractivity contribution in [1.29, 1.82) is 0 Å². The number of carbonyl (C=O) groups excluding carboxylic acids is 1. The van der Waals surface area contributed by atoms with Crippen LogP contribution in [0.25, 0.3) is 0 Å². The highest BCUT2D eigenvalue weighted by molar-refractivity contribution is 5.88. The van der Waals surface area contributed by atoms with Gasteiger partial charge in [0.2, 0.25) is 6.79 Å². The molecule has 0 aromatic rings. The van der Waals surface area contributed by atoms with Gasteiger partial charge in [-0.3, -0.25) is 4.79 Å². The molecule has 3 saturated heterocycles. The minimum absolute atomic E-state index is 0.0600. The molecule has 0 saturated carbocycles. The zero-order valence-corrected chi connectivity index (χ0v) is 37.7. The van der Waals surface area contributed by atoms with Crippen molar-refractivity contribution < 1.29 is 77.7 Å². The number of cyclic esters (lactones) is 1. The number of hydrogen-bond donors (Lipinski definition) is 5. The lowest BCUT2D eigenvalue weighted by Crippen LogP contribution is -2.63. The number of esters is 1. The predicted octanol–water partition coefficient (Wildman–Crippen LogP) is 2.22. The fraction of sp³-hybridized carbons (Fsp3) is 0.951. The maximum absolute atomic E-state index is 14.3. The van der Waals surface area contributed by atoms with Gasteiger partial charge in [-0.05, 0) is 54.4 Å². The lowest BCUT2D eigenvalue weighted by atomic mass is 9.73. The summed E-state index contributed by atoms with van der Waals surface area (Å²) in [5.74, 6) is -4.39. The van der Waals surface area contributed by atoms with Crippen LogP contribution in [-0.4, -0.2) is 174 Å². The van der Waals surface area contributed by atoms with Gasteiger partial charge in [-0.2, -0.15) is 0 Å². The van der Waals surface area contributed by atoms with Crippen molar-refractivity contribution in [2.45, 2.75) is 179 Å². The van der Waals surface area contributed by atoms with Gasteiger partial charge < -0.3 is 78.1 Å². The fourth-order valence-corrected chi connectivity index (χ4v) is 9.04. The second-order valence-electron chi connectivity index (χ2n) is 18.2. The van der Waals surface area contributed by atoms with Crippen LogP contribution in [-0.2, 0) is 47.5 Å². The van der Waals surface area contributed by atoms with E-state index in [0.717, 1.165) is 0 Å². The molecule has 346 valence electrons. The zero-order chi connectivity index (χ0) is 44.8. The Kier molecular flexibility index (Phi) is 18.6. The van der Waals surface area contributed by atoms with Crippen molar-refractivity contribution >= 4 is 11.7 Å². The van der Waals surface area contributed by atoms with Crippen LogP contribution in [0, 0.1) is 28.9 Å². The van der Waals surface area contributed by atoms with Crippen molar-refractivity contribution in [3.05, 3.63) is 5.21 Å². The maximum atomic E-state index is 14.3. The molecule has 0 amide bonds. The first kappa shape index (κ1) is 51.7. The van der Waals surface area contributed by atoms with Crippen LogP contribution < -0.4 is 0 Å². The van der Waals surface area contributed by atoms with Gasteiger partial charge in [0.25, 0.3) is 0 Å². The lowest BCUT2D eigenvalue weighted by Gasteiger charge is -2.51. The van der Waals surface area contributed by atoms with E-state index in [9.17, 15) is 35.5 Å². The number of ether oxygens (including phenoxy) is 8. The number of nitrogens with zero attached hydrogens (tertiary/aromatic N) is 2. The lowest BCUT2D eigenvalue weighted by molar-refractivity contribution is -0.874. The zero-order valence-electron chi connectivity index (χ0n) is 37.7. The number of quaternary nitrogens is 1. The normalized spacial score (nSPS) is 45.5. The summed E-state index contributed by atoms with van der Waals surface area (Å²) in [4.78, 5) is 19.9. The third-order valence-corrected chi connectivity index (χ3v) is 12.7. The topological polar surface area (TPSA) is 237 Å². The highest BCUT2D eigenvalue weighted by atomic mass is 16.7. The molecule has 0 bridgehead atoms. The SMILES string of the molecule is CC[C@H]1OC(=O)[C@H](C)[C@@H](O[C@H]2C[C@](C)(OC)[C@@H](O)C(C)O2)[C@H](C)[C@@H](O[C@@H]2OC(C)C[C@@H]([N+](C)(C)[O-])C2O)[C@](C)(O)C[C@@H](C)/C(=N\OCOCCOC)[C@H](C)[C@@H](O)[C@]1(C)O. The molecule has 0 radical (unpaired) electrons. The van der Waals surface area contributed by atoms with Crippen LogP contribution in [0.4, 0.5) is 0 Å². The molecule has 18 atom stereocenters. The van der Waals surface area contributed by atoms with Crippen molar-refractivity contribution in [1.82, 2.24) is 0 Å². The van der Waals surface area contributed by atoms with E-state index in [0.29, 0.717) is 6.61 Å². The van der Waals surface area contributed by atoms with Crippen LogP contribution >= 0.6 is 0 Å². The van der Waals surface area contributed by atoms with Crippen molar-refractivity contribution in [2.24, 2.45) is 28.8 Å². The molecule has 3 rings (SSSR count). The van der Waals surface area contributed by atoms with Gasteiger partial charge in [0.1, 0.15) is 23.9 Å². The average Bonchev–Trinajstić information content (AvgIpc) is 3.15. The van der Waals surface area contributed by atoms with Gasteiger partial charge >= 0.3 is 5.97 Å². The Morgan fingerprint density at radius 3 is 2.14 bits per heavy atom. The number of carbonyl (C=O) groups is 1. The Balaban J connectivity index is 2.23. The molecule has 5 N–H and O–H groups in total. The van der Waals surface area contributed by atoms with Crippen LogP contribution in [0.1, 0.15) is 94.9 Å². The smallest absolute Gasteiger partial charge is 0.311 e. The molecular weight excluding hydrogens is 776 g/mol. The monoisotopic (exact) mass is 853 g/mol. The second-order valence-corrected chi connectivity index (χ2v) is 18.2. The van der Waals surface area contributed by atoms with Gasteiger partial charge in [0.15, 0.2) is 18.7 Å². The summed E-state index contributed by atoms with van der Waals surface area (Å²) in [5, 5.41) is 76.8. The second kappa shape index (κ2) is 21.2. The van der Waals surface area contributed by atoms with Crippen LogP contribution in [0.2, 0.25) is 0 Å². The Bertz CT molecular complexity index is 1350. The first-order chi connectivity index (χ1) is 27.3. The average molecular weight is 853 g/mol. The molecule has 3 heterocycles. The standard InChI is InChI=1S/C41H76N2O16/c1-15-29-41(10,49)34(45)24(4)31(42-54-21-53-17-16-51-13)22(2)19-39(8,48)36(59-38-32(44)28(43(11,12)50)18-23(3)55-38)25(5)33(26(6)37(47)57-29)58-30-20-40(9,52-14)35(46)27(7)56-30/h22-30,32-36,38,44-46,48-49H,15-21H2,1-14H3/b42-31+/t22-,23?,24+,25+,26-,27?,28-,29-,30+,32?,33+,34-,35+,36-,38+,39-,40+,41-/m1/s1. The van der Waals surface area contributed by atoms with E-state index >= 15 is 0 Å². The van der Waals surface area contributed by atoms with Crippen molar-refractivity contribution in [3.63, 3.8) is 0 Å². The summed E-state index contributed by atoms with van der Waals surface area (Å²) >= 11 is 0. The third kappa shape index (κ3) is 12.5. The number of hydrogen-bond acceptors (Lipinski definition) is 17. The molecule has 0 aliphatic carbocycles. The minimum atomic E-state index is -1.99. The van der Waals surface area contributed by atoms with E-state index in [1.807, 2.05) is 0 Å². The molecule has 0 aromatic heterocycles. The molecule has 3 aliphatic heterocycles. The van der Waals surface area contributed by atoms with Crippen LogP contribution in [0.5, 0.6) is 0 Å². The third-order valence-electron chi connectivity index (χ3n) is 12.7. The molecule has 3 fully saturated rings. The van der Waals surface area contributed by atoms with Gasteiger partial charge in [-0.1, -0.05) is 32.9 Å². The number of aliphatic hydroxyl groups is 5. The molecular formula is C41H76N2O16. The predicted molar refractivity (Wildman–Crippen MR) is 214 cm³/mol.